The zero-order chi connectivity index (χ0) is 25.5. The van der Waals surface area contributed by atoms with E-state index in [-0.39, 0.29) is 30.7 Å². The summed E-state index contributed by atoms with van der Waals surface area (Å²) >= 11 is 0. The molecule has 0 unspecified atom stereocenters. The molecule has 2 aliphatic rings. The van der Waals surface area contributed by atoms with Crippen LogP contribution in [-0.4, -0.2) is 52.0 Å². The van der Waals surface area contributed by atoms with Crippen molar-refractivity contribution in [3.05, 3.63) is 88.1 Å². The van der Waals surface area contributed by atoms with Gasteiger partial charge in [0.2, 0.25) is 0 Å². The van der Waals surface area contributed by atoms with E-state index in [0.29, 0.717) is 11.6 Å². The van der Waals surface area contributed by atoms with Gasteiger partial charge in [-0.1, -0.05) is 24.3 Å². The number of carbonyl (C=O) groups is 1. The summed E-state index contributed by atoms with van der Waals surface area (Å²) in [5.74, 6) is 0.493. The number of aromatic nitrogens is 3. The fourth-order valence-electron chi connectivity index (χ4n) is 6.40. The number of nitrogens with zero attached hydrogens (tertiary/aromatic N) is 4. The molecule has 6 rings (SSSR count). The third kappa shape index (κ3) is 5.43. The maximum absolute atomic E-state index is 12.3. The number of fused-ring (bicyclic) bond motifs is 4. The number of hydrogen-bond donors (Lipinski definition) is 1. The van der Waals surface area contributed by atoms with Gasteiger partial charge in [0.1, 0.15) is 12.0 Å². The van der Waals surface area contributed by atoms with E-state index in [4.69, 9.17) is 4.98 Å². The van der Waals surface area contributed by atoms with Crippen molar-refractivity contribution >= 4 is 41.6 Å². The molecule has 2 aromatic carbocycles. The van der Waals surface area contributed by atoms with Gasteiger partial charge in [-0.15, -0.1) is 24.8 Å². The normalized spacial score (nSPS) is 15.2. The van der Waals surface area contributed by atoms with E-state index in [1.165, 1.54) is 46.2 Å². The molecule has 1 amide bonds. The van der Waals surface area contributed by atoms with E-state index in [9.17, 15) is 4.79 Å². The standard InChI is InChI=1S/C31H35N5O.2ClH/c1-20-7-11-28-26(10-12-29-30(31(37)32-3)33-19-36(28)29)23(20)15-18-35-16-13-22(14-17-35)24-5-4-6-27-25(24)9-8-21(2)34-27;;/h4-9,11,19,22H,10,12-18H2,1-3H3,(H,32,37);2*1H. The molecule has 0 spiro atoms. The zero-order valence-electron chi connectivity index (χ0n) is 22.9. The van der Waals surface area contributed by atoms with Crippen molar-refractivity contribution in [3.8, 4) is 5.69 Å². The predicted octanol–water partition coefficient (Wildman–Crippen LogP) is 5.76. The van der Waals surface area contributed by atoms with E-state index in [0.717, 1.165) is 55.8 Å². The number of imidazole rings is 1. The first kappa shape index (κ1) is 29.1. The van der Waals surface area contributed by atoms with Crippen molar-refractivity contribution in [1.29, 1.82) is 0 Å². The quantitative estimate of drug-likeness (QED) is 0.334. The summed E-state index contributed by atoms with van der Waals surface area (Å²) in [4.78, 5) is 24.1. The van der Waals surface area contributed by atoms with Crippen LogP contribution >= 0.6 is 24.8 Å². The molecule has 0 radical (unpaired) electrons. The maximum Gasteiger partial charge on any atom is 0.271 e. The Kier molecular flexibility index (Phi) is 9.00. The second kappa shape index (κ2) is 12.1. The molecule has 0 atom stereocenters. The van der Waals surface area contributed by atoms with Crippen LogP contribution in [0.2, 0.25) is 0 Å². The highest BCUT2D eigenvalue weighted by Gasteiger charge is 2.26. The molecule has 2 aromatic heterocycles. The second-order valence-corrected chi connectivity index (χ2v) is 10.6. The zero-order valence-corrected chi connectivity index (χ0v) is 24.5. The minimum atomic E-state index is -0.109. The Balaban J connectivity index is 0.00000176. The van der Waals surface area contributed by atoms with Crippen LogP contribution < -0.4 is 5.32 Å². The van der Waals surface area contributed by atoms with E-state index >= 15 is 0 Å². The number of amides is 1. The van der Waals surface area contributed by atoms with E-state index < -0.39 is 0 Å². The highest BCUT2D eigenvalue weighted by atomic mass is 35.5. The van der Waals surface area contributed by atoms with Crippen LogP contribution in [-0.2, 0) is 19.3 Å². The number of piperidine rings is 1. The Hall–Kier alpha value is -2.93. The fourth-order valence-corrected chi connectivity index (χ4v) is 6.40. The Labute approximate surface area is 243 Å². The lowest BCUT2D eigenvalue weighted by molar-refractivity contribution is 0.0957. The number of hydrogen-bond acceptors (Lipinski definition) is 4. The fraction of sp³-hybridized carbons (Fsp3) is 0.387. The first-order chi connectivity index (χ1) is 18.0. The molecule has 0 aliphatic carbocycles. The molecule has 4 heterocycles. The molecule has 206 valence electrons. The highest BCUT2D eigenvalue weighted by molar-refractivity contribution is 5.93. The summed E-state index contributed by atoms with van der Waals surface area (Å²) in [6.07, 6.45) is 7.06. The molecule has 1 fully saturated rings. The lowest BCUT2D eigenvalue weighted by atomic mass is 9.86. The van der Waals surface area contributed by atoms with Crippen LogP contribution in [0.25, 0.3) is 16.6 Å². The highest BCUT2D eigenvalue weighted by Crippen LogP contribution is 2.34. The smallest absolute Gasteiger partial charge is 0.271 e. The lowest BCUT2D eigenvalue weighted by Crippen LogP contribution is -2.34. The van der Waals surface area contributed by atoms with Gasteiger partial charge in [-0.3, -0.25) is 9.78 Å². The van der Waals surface area contributed by atoms with Crippen molar-refractivity contribution in [2.24, 2.45) is 0 Å². The Morgan fingerprint density at radius 3 is 2.59 bits per heavy atom. The van der Waals surface area contributed by atoms with Gasteiger partial charge in [-0.25, -0.2) is 4.98 Å². The van der Waals surface area contributed by atoms with Crippen molar-refractivity contribution in [2.75, 3.05) is 26.7 Å². The van der Waals surface area contributed by atoms with Crippen LogP contribution in [0.4, 0.5) is 0 Å². The van der Waals surface area contributed by atoms with Gasteiger partial charge in [-0.2, -0.15) is 0 Å². The van der Waals surface area contributed by atoms with Gasteiger partial charge in [0, 0.05) is 24.7 Å². The van der Waals surface area contributed by atoms with E-state index in [1.54, 1.807) is 7.05 Å². The Morgan fingerprint density at radius 1 is 1.03 bits per heavy atom. The minimum absolute atomic E-state index is 0. The summed E-state index contributed by atoms with van der Waals surface area (Å²) in [5.41, 5.74) is 10.7. The van der Waals surface area contributed by atoms with Gasteiger partial charge in [0.15, 0.2) is 0 Å². The SMILES string of the molecule is CNC(=O)c1ncn2c1CCc1c-2ccc(C)c1CCN1CCC(c2cccc3nc(C)ccc23)CC1.Cl.Cl. The predicted molar refractivity (Wildman–Crippen MR) is 162 cm³/mol. The first-order valence-corrected chi connectivity index (χ1v) is 13.5. The van der Waals surface area contributed by atoms with Crippen LogP contribution in [0, 0.1) is 13.8 Å². The lowest BCUT2D eigenvalue weighted by Gasteiger charge is -2.33. The van der Waals surface area contributed by atoms with Crippen molar-refractivity contribution in [1.82, 2.24) is 24.8 Å². The number of carbonyl (C=O) groups excluding carboxylic acids is 1. The molecule has 0 saturated carbocycles. The summed E-state index contributed by atoms with van der Waals surface area (Å²) in [7, 11) is 1.66. The molecule has 4 aromatic rings. The Bertz CT molecular complexity index is 1490. The van der Waals surface area contributed by atoms with Gasteiger partial charge >= 0.3 is 0 Å². The molecular formula is C31H37Cl2N5O. The third-order valence-electron chi connectivity index (χ3n) is 8.43. The average Bonchev–Trinajstić information content (AvgIpc) is 3.36. The summed E-state index contributed by atoms with van der Waals surface area (Å²) in [5, 5.41) is 4.04. The van der Waals surface area contributed by atoms with Crippen LogP contribution in [0.1, 0.15) is 62.9 Å². The van der Waals surface area contributed by atoms with Crippen molar-refractivity contribution in [2.45, 2.75) is 51.9 Å². The maximum atomic E-state index is 12.3. The number of aryl methyl sites for hydroxylation is 2. The minimum Gasteiger partial charge on any atom is -0.354 e. The molecule has 1 N–H and O–H groups in total. The first-order valence-electron chi connectivity index (χ1n) is 13.5. The van der Waals surface area contributed by atoms with Gasteiger partial charge in [-0.05, 0) is 105 Å². The number of likely N-dealkylation sites (tertiary alicyclic amines) is 1. The summed E-state index contributed by atoms with van der Waals surface area (Å²) in [6, 6.07) is 15.4. The monoisotopic (exact) mass is 565 g/mol. The molecule has 8 heteroatoms. The number of pyridine rings is 1. The topological polar surface area (TPSA) is 63.1 Å². The van der Waals surface area contributed by atoms with Gasteiger partial charge in [0.05, 0.1) is 16.9 Å². The van der Waals surface area contributed by atoms with Crippen LogP contribution in [0.5, 0.6) is 0 Å². The molecule has 6 nitrogen and oxygen atoms in total. The number of nitrogens with one attached hydrogen (secondary N) is 1. The second-order valence-electron chi connectivity index (χ2n) is 10.6. The molecule has 39 heavy (non-hydrogen) atoms. The number of halogens is 2. The van der Waals surface area contributed by atoms with Gasteiger partial charge < -0.3 is 14.8 Å². The Morgan fingerprint density at radius 2 is 1.82 bits per heavy atom. The number of rotatable bonds is 5. The summed E-state index contributed by atoms with van der Waals surface area (Å²) in [6.45, 7) is 7.65. The van der Waals surface area contributed by atoms with Crippen LogP contribution in [0.15, 0.2) is 48.8 Å². The van der Waals surface area contributed by atoms with Crippen molar-refractivity contribution in [3.63, 3.8) is 0 Å². The van der Waals surface area contributed by atoms with E-state index in [2.05, 4.69) is 76.1 Å². The molecular weight excluding hydrogens is 529 g/mol. The van der Waals surface area contributed by atoms with Gasteiger partial charge in [0.25, 0.3) is 5.91 Å². The van der Waals surface area contributed by atoms with Crippen LogP contribution in [0.3, 0.4) is 0 Å². The molecule has 0 bridgehead atoms. The molecule has 2 aliphatic heterocycles. The van der Waals surface area contributed by atoms with Crippen molar-refractivity contribution < 1.29 is 4.79 Å². The third-order valence-corrected chi connectivity index (χ3v) is 8.43. The van der Waals surface area contributed by atoms with E-state index in [1.807, 2.05) is 6.33 Å². The summed E-state index contributed by atoms with van der Waals surface area (Å²) < 4.78 is 2.12. The largest absolute Gasteiger partial charge is 0.354 e. The number of benzene rings is 2. The molecule has 1 saturated heterocycles. The average molecular weight is 567 g/mol.